The van der Waals surface area contributed by atoms with Gasteiger partial charge in [0.05, 0.1) is 12.5 Å². The van der Waals surface area contributed by atoms with E-state index in [2.05, 4.69) is 4.98 Å². The lowest BCUT2D eigenvalue weighted by molar-refractivity contribution is 0.560. The topological polar surface area (TPSA) is 75.8 Å². The molecule has 0 radical (unpaired) electrons. The fourth-order valence-electron chi connectivity index (χ4n) is 1.50. The lowest BCUT2D eigenvalue weighted by atomic mass is 10.1. The van der Waals surface area contributed by atoms with E-state index in [0.29, 0.717) is 12.3 Å². The normalized spacial score (nSPS) is 12.6. The van der Waals surface area contributed by atoms with Crippen molar-refractivity contribution in [3.63, 3.8) is 0 Å². The van der Waals surface area contributed by atoms with Crippen LogP contribution in [-0.2, 0) is 0 Å². The van der Waals surface area contributed by atoms with Gasteiger partial charge in [-0.2, -0.15) is 5.26 Å². The summed E-state index contributed by atoms with van der Waals surface area (Å²) in [5, 5.41) is 8.55. The van der Waals surface area contributed by atoms with Crippen molar-refractivity contribution in [1.82, 2.24) is 4.98 Å². The van der Waals surface area contributed by atoms with Crippen LogP contribution in [0.25, 0.3) is 11.1 Å². The molecule has 1 aromatic heterocycles. The number of hydrogen-bond acceptors (Lipinski definition) is 4. The smallest absolute Gasteiger partial charge is 0.192 e. The second kappa shape index (κ2) is 3.71. The molecule has 0 spiro atoms. The minimum atomic E-state index is -0.259. The van der Waals surface area contributed by atoms with Crippen LogP contribution in [0.3, 0.4) is 0 Å². The lowest BCUT2D eigenvalue weighted by Gasteiger charge is -2.06. The van der Waals surface area contributed by atoms with Crippen LogP contribution in [0, 0.1) is 18.3 Å². The van der Waals surface area contributed by atoms with Gasteiger partial charge >= 0.3 is 0 Å². The van der Waals surface area contributed by atoms with Crippen molar-refractivity contribution in [2.45, 2.75) is 19.4 Å². The number of nitriles is 1. The van der Waals surface area contributed by atoms with Crippen molar-refractivity contribution in [2.24, 2.45) is 5.73 Å². The monoisotopic (exact) mass is 201 g/mol. The maximum atomic E-state index is 8.55. The number of fused-ring (bicyclic) bond motifs is 1. The molecule has 2 N–H and O–H groups in total. The Balaban J connectivity index is 2.42. The molecular formula is C11H11N3O. The molecule has 1 atom stereocenters. The summed E-state index contributed by atoms with van der Waals surface area (Å²) in [7, 11) is 0. The number of nitrogens with zero attached hydrogens (tertiary/aromatic N) is 2. The first-order valence-electron chi connectivity index (χ1n) is 4.70. The first kappa shape index (κ1) is 9.69. The first-order valence-corrected chi connectivity index (χ1v) is 4.70. The fraction of sp³-hybridized carbons (Fsp3) is 0.273. The molecule has 0 aliphatic heterocycles. The van der Waals surface area contributed by atoms with E-state index in [1.165, 1.54) is 0 Å². The minimum Gasteiger partial charge on any atom is -0.441 e. The molecule has 2 aromatic rings. The molecule has 0 saturated carbocycles. The summed E-state index contributed by atoms with van der Waals surface area (Å²) in [5.74, 6) is 0.635. The molecule has 0 bridgehead atoms. The number of aryl methyl sites for hydroxylation is 1. The summed E-state index contributed by atoms with van der Waals surface area (Å²) in [4.78, 5) is 4.19. The molecule has 1 aromatic carbocycles. The van der Waals surface area contributed by atoms with Gasteiger partial charge in [-0.3, -0.25) is 0 Å². The molecule has 4 nitrogen and oxygen atoms in total. The number of rotatable bonds is 2. The van der Waals surface area contributed by atoms with E-state index in [0.717, 1.165) is 16.7 Å². The van der Waals surface area contributed by atoms with Gasteiger partial charge in [0.25, 0.3) is 0 Å². The number of oxazole rings is 1. The Morgan fingerprint density at radius 2 is 2.40 bits per heavy atom. The zero-order valence-corrected chi connectivity index (χ0v) is 8.40. The number of nitrogens with two attached hydrogens (primary N) is 1. The first-order chi connectivity index (χ1) is 7.20. The van der Waals surface area contributed by atoms with Crippen LogP contribution in [0.5, 0.6) is 0 Å². The van der Waals surface area contributed by atoms with Crippen LogP contribution in [-0.4, -0.2) is 4.98 Å². The Morgan fingerprint density at radius 1 is 1.60 bits per heavy atom. The maximum absolute atomic E-state index is 8.55. The third kappa shape index (κ3) is 1.83. The number of aromatic nitrogens is 1. The predicted molar refractivity (Wildman–Crippen MR) is 55.9 cm³/mol. The van der Waals surface area contributed by atoms with Gasteiger partial charge in [-0.1, -0.05) is 6.07 Å². The van der Waals surface area contributed by atoms with Crippen LogP contribution >= 0.6 is 0 Å². The highest BCUT2D eigenvalue weighted by molar-refractivity contribution is 5.73. The van der Waals surface area contributed by atoms with Crippen LogP contribution in [0.2, 0.25) is 0 Å². The summed E-state index contributed by atoms with van der Waals surface area (Å²) >= 11 is 0. The molecule has 1 unspecified atom stereocenters. The van der Waals surface area contributed by atoms with Gasteiger partial charge in [0.2, 0.25) is 0 Å². The third-order valence-electron chi connectivity index (χ3n) is 2.26. The van der Waals surface area contributed by atoms with E-state index in [1.807, 2.05) is 24.3 Å². The van der Waals surface area contributed by atoms with Crippen LogP contribution in [0.15, 0.2) is 22.6 Å². The highest BCUT2D eigenvalue weighted by atomic mass is 16.3. The van der Waals surface area contributed by atoms with Gasteiger partial charge in [-0.15, -0.1) is 0 Å². The van der Waals surface area contributed by atoms with Gasteiger partial charge in [-0.05, 0) is 17.7 Å². The van der Waals surface area contributed by atoms with E-state index in [-0.39, 0.29) is 6.04 Å². The maximum Gasteiger partial charge on any atom is 0.192 e. The molecule has 4 heteroatoms. The Kier molecular flexibility index (Phi) is 2.40. The quantitative estimate of drug-likeness (QED) is 0.806. The molecule has 0 amide bonds. The molecule has 0 aliphatic rings. The van der Waals surface area contributed by atoms with E-state index in [1.54, 1.807) is 6.92 Å². The Bertz CT molecular complexity index is 524. The van der Waals surface area contributed by atoms with E-state index in [4.69, 9.17) is 15.4 Å². The Morgan fingerprint density at radius 3 is 3.13 bits per heavy atom. The highest BCUT2D eigenvalue weighted by Gasteiger charge is 2.08. The van der Waals surface area contributed by atoms with E-state index >= 15 is 0 Å². The van der Waals surface area contributed by atoms with Crippen molar-refractivity contribution in [2.75, 3.05) is 0 Å². The minimum absolute atomic E-state index is 0.259. The van der Waals surface area contributed by atoms with Crippen molar-refractivity contribution in [1.29, 1.82) is 5.26 Å². The van der Waals surface area contributed by atoms with Gasteiger partial charge < -0.3 is 10.2 Å². The van der Waals surface area contributed by atoms with E-state index < -0.39 is 0 Å². The van der Waals surface area contributed by atoms with Crippen molar-refractivity contribution < 1.29 is 4.42 Å². The zero-order chi connectivity index (χ0) is 10.8. The summed E-state index contributed by atoms with van der Waals surface area (Å²) in [5.41, 5.74) is 8.26. The summed E-state index contributed by atoms with van der Waals surface area (Å²) in [6, 6.07) is 7.37. The molecule has 0 saturated heterocycles. The number of benzene rings is 1. The highest BCUT2D eigenvalue weighted by Crippen LogP contribution is 2.21. The van der Waals surface area contributed by atoms with Crippen molar-refractivity contribution in [3.8, 4) is 6.07 Å². The predicted octanol–water partition coefficient (Wildman–Crippen LogP) is 2.05. The van der Waals surface area contributed by atoms with Gasteiger partial charge in [0, 0.05) is 13.0 Å². The number of hydrogen-bond donors (Lipinski definition) is 1. The largest absolute Gasteiger partial charge is 0.441 e. The SMILES string of the molecule is Cc1nc2ccc(C(N)CC#N)cc2o1. The van der Waals surface area contributed by atoms with Crippen molar-refractivity contribution in [3.05, 3.63) is 29.7 Å². The fourth-order valence-corrected chi connectivity index (χ4v) is 1.50. The van der Waals surface area contributed by atoms with Gasteiger partial charge in [0.15, 0.2) is 11.5 Å². The summed E-state index contributed by atoms with van der Waals surface area (Å²) in [6.45, 7) is 1.80. The molecule has 0 aliphatic carbocycles. The van der Waals surface area contributed by atoms with Crippen molar-refractivity contribution >= 4 is 11.1 Å². The average Bonchev–Trinajstić information content (AvgIpc) is 2.57. The summed E-state index contributed by atoms with van der Waals surface area (Å²) < 4.78 is 5.39. The van der Waals surface area contributed by atoms with Gasteiger partial charge in [-0.25, -0.2) is 4.98 Å². The molecule has 76 valence electrons. The summed E-state index contributed by atoms with van der Waals surface area (Å²) in [6.07, 6.45) is 0.304. The molecule has 1 heterocycles. The Labute approximate surface area is 87.3 Å². The molecule has 15 heavy (non-hydrogen) atoms. The Hall–Kier alpha value is -1.86. The molecular weight excluding hydrogens is 190 g/mol. The molecule has 2 rings (SSSR count). The zero-order valence-electron chi connectivity index (χ0n) is 8.40. The average molecular weight is 201 g/mol. The second-order valence-corrected chi connectivity index (χ2v) is 3.43. The van der Waals surface area contributed by atoms with Crippen LogP contribution in [0.4, 0.5) is 0 Å². The molecule has 0 fully saturated rings. The standard InChI is InChI=1S/C11H11N3O/c1-7-14-10-3-2-8(6-11(10)15-7)9(13)4-5-12/h2-3,6,9H,4,13H2,1H3. The second-order valence-electron chi connectivity index (χ2n) is 3.43. The lowest BCUT2D eigenvalue weighted by Crippen LogP contribution is -2.08. The van der Waals surface area contributed by atoms with E-state index in [9.17, 15) is 0 Å². The van der Waals surface area contributed by atoms with Crippen LogP contribution in [0.1, 0.15) is 23.9 Å². The van der Waals surface area contributed by atoms with Gasteiger partial charge in [0.1, 0.15) is 5.52 Å². The van der Waals surface area contributed by atoms with Crippen LogP contribution < -0.4 is 5.73 Å². The third-order valence-corrected chi connectivity index (χ3v) is 2.26.